The van der Waals surface area contributed by atoms with E-state index in [0.29, 0.717) is 10.7 Å². The van der Waals surface area contributed by atoms with Gasteiger partial charge in [-0.15, -0.1) is 0 Å². The molecule has 0 saturated heterocycles. The van der Waals surface area contributed by atoms with Crippen molar-refractivity contribution in [2.24, 2.45) is 0 Å². The summed E-state index contributed by atoms with van der Waals surface area (Å²) in [4.78, 5) is 27.9. The van der Waals surface area contributed by atoms with Gasteiger partial charge in [-0.2, -0.15) is 0 Å². The van der Waals surface area contributed by atoms with Crippen LogP contribution in [0.5, 0.6) is 0 Å². The van der Waals surface area contributed by atoms with Crippen molar-refractivity contribution in [1.82, 2.24) is 4.98 Å². The number of benzene rings is 1. The van der Waals surface area contributed by atoms with Gasteiger partial charge in [-0.1, -0.05) is 34.8 Å². The Morgan fingerprint density at radius 2 is 1.91 bits per heavy atom. The molecule has 0 spiro atoms. The second-order valence-electron chi connectivity index (χ2n) is 4.51. The van der Waals surface area contributed by atoms with Crippen molar-refractivity contribution in [3.05, 3.63) is 57.3 Å². The molecule has 1 aromatic heterocycles. The highest BCUT2D eigenvalue weighted by Crippen LogP contribution is 2.23. The molecule has 0 fully saturated rings. The van der Waals surface area contributed by atoms with Crippen molar-refractivity contribution >= 4 is 52.4 Å². The molecule has 0 unspecified atom stereocenters. The minimum absolute atomic E-state index is 0.142. The molecule has 1 heterocycles. The zero-order chi connectivity index (χ0) is 17.0. The Balaban J connectivity index is 2.01. The van der Waals surface area contributed by atoms with Gasteiger partial charge in [0.2, 0.25) is 0 Å². The summed E-state index contributed by atoms with van der Waals surface area (Å²) in [5.74, 6) is -1.23. The minimum Gasteiger partial charge on any atom is -0.449 e. The summed E-state index contributed by atoms with van der Waals surface area (Å²) in [6, 6.07) is 7.50. The topological polar surface area (TPSA) is 68.3 Å². The quantitative estimate of drug-likeness (QED) is 0.643. The molecule has 23 heavy (non-hydrogen) atoms. The SMILES string of the molecule is C[C@H](OC(=O)c1ccc(Cl)c(Cl)c1)C(=O)Nc1cccnc1Cl. The fraction of sp³-hybridized carbons (Fsp3) is 0.133. The van der Waals surface area contributed by atoms with E-state index < -0.39 is 18.0 Å². The number of nitrogens with one attached hydrogen (secondary N) is 1. The number of rotatable bonds is 4. The lowest BCUT2D eigenvalue weighted by molar-refractivity contribution is -0.123. The van der Waals surface area contributed by atoms with E-state index in [2.05, 4.69) is 10.3 Å². The van der Waals surface area contributed by atoms with Crippen molar-refractivity contribution in [3.8, 4) is 0 Å². The molecule has 120 valence electrons. The maximum absolute atomic E-state index is 12.0. The van der Waals surface area contributed by atoms with Gasteiger partial charge in [0.25, 0.3) is 5.91 Å². The molecule has 2 aromatic rings. The van der Waals surface area contributed by atoms with Crippen LogP contribution in [-0.4, -0.2) is 23.0 Å². The minimum atomic E-state index is -1.03. The van der Waals surface area contributed by atoms with Gasteiger partial charge in [-0.25, -0.2) is 9.78 Å². The summed E-state index contributed by atoms with van der Waals surface area (Å²) in [6.07, 6.45) is 0.458. The monoisotopic (exact) mass is 372 g/mol. The number of esters is 1. The summed E-state index contributed by atoms with van der Waals surface area (Å²) in [5.41, 5.74) is 0.523. The number of anilines is 1. The maximum Gasteiger partial charge on any atom is 0.338 e. The number of nitrogens with zero attached hydrogens (tertiary/aromatic N) is 1. The van der Waals surface area contributed by atoms with Crippen LogP contribution in [0.25, 0.3) is 0 Å². The van der Waals surface area contributed by atoms with Crippen LogP contribution in [0, 0.1) is 0 Å². The number of carbonyl (C=O) groups is 2. The number of pyridine rings is 1. The van der Waals surface area contributed by atoms with E-state index in [0.717, 1.165) is 0 Å². The molecule has 0 bridgehead atoms. The molecule has 0 saturated carbocycles. The number of carbonyl (C=O) groups excluding carboxylic acids is 2. The Labute approximate surface area is 147 Å². The van der Waals surface area contributed by atoms with Gasteiger partial charge in [-0.05, 0) is 37.3 Å². The van der Waals surface area contributed by atoms with Crippen LogP contribution in [0.3, 0.4) is 0 Å². The maximum atomic E-state index is 12.0. The Hall–Kier alpha value is -1.82. The van der Waals surface area contributed by atoms with E-state index >= 15 is 0 Å². The molecule has 0 aliphatic heterocycles. The predicted molar refractivity (Wildman–Crippen MR) is 89.2 cm³/mol. The highest BCUT2D eigenvalue weighted by molar-refractivity contribution is 6.42. The Kier molecular flexibility index (Phi) is 5.82. The van der Waals surface area contributed by atoms with E-state index in [1.54, 1.807) is 12.1 Å². The normalized spacial score (nSPS) is 11.7. The summed E-state index contributed by atoms with van der Waals surface area (Å²) in [5, 5.41) is 3.21. The lowest BCUT2D eigenvalue weighted by Crippen LogP contribution is -2.30. The van der Waals surface area contributed by atoms with E-state index in [1.807, 2.05) is 0 Å². The van der Waals surface area contributed by atoms with Gasteiger partial charge in [0.05, 0.1) is 21.3 Å². The van der Waals surface area contributed by atoms with Crippen molar-refractivity contribution in [2.75, 3.05) is 5.32 Å². The number of hydrogen-bond donors (Lipinski definition) is 1. The Morgan fingerprint density at radius 3 is 2.57 bits per heavy atom. The Morgan fingerprint density at radius 1 is 1.17 bits per heavy atom. The number of hydrogen-bond acceptors (Lipinski definition) is 4. The summed E-state index contributed by atoms with van der Waals surface area (Å²) in [6.45, 7) is 1.44. The standard InChI is InChI=1S/C15H11Cl3N2O3/c1-8(14(21)20-12-3-2-6-19-13(12)18)23-15(22)9-4-5-10(16)11(17)7-9/h2-8H,1H3,(H,20,21)/t8-/m0/s1. The van der Waals surface area contributed by atoms with Crippen LogP contribution in [-0.2, 0) is 9.53 Å². The third-order valence-electron chi connectivity index (χ3n) is 2.83. The zero-order valence-electron chi connectivity index (χ0n) is 11.8. The van der Waals surface area contributed by atoms with Gasteiger partial charge in [0.15, 0.2) is 11.3 Å². The third kappa shape index (κ3) is 4.58. The first-order valence-electron chi connectivity index (χ1n) is 6.46. The molecule has 0 aliphatic carbocycles. The molecule has 0 radical (unpaired) electrons. The average molecular weight is 374 g/mol. The molecule has 5 nitrogen and oxygen atoms in total. The van der Waals surface area contributed by atoms with Crippen molar-refractivity contribution < 1.29 is 14.3 Å². The van der Waals surface area contributed by atoms with Gasteiger partial charge in [-0.3, -0.25) is 4.79 Å². The molecular weight excluding hydrogens is 363 g/mol. The molecule has 1 atom stereocenters. The smallest absolute Gasteiger partial charge is 0.338 e. The zero-order valence-corrected chi connectivity index (χ0v) is 14.1. The van der Waals surface area contributed by atoms with Gasteiger partial charge >= 0.3 is 5.97 Å². The summed E-state index contributed by atoms with van der Waals surface area (Å²) in [7, 11) is 0. The van der Waals surface area contributed by atoms with E-state index in [1.165, 1.54) is 31.3 Å². The summed E-state index contributed by atoms with van der Waals surface area (Å²) < 4.78 is 5.09. The first kappa shape index (κ1) is 17.5. The van der Waals surface area contributed by atoms with Crippen LogP contribution in [0.1, 0.15) is 17.3 Å². The molecule has 1 amide bonds. The number of amides is 1. The first-order valence-corrected chi connectivity index (χ1v) is 7.59. The van der Waals surface area contributed by atoms with Crippen molar-refractivity contribution in [2.45, 2.75) is 13.0 Å². The molecule has 1 aromatic carbocycles. The fourth-order valence-corrected chi connectivity index (χ4v) is 2.08. The molecule has 1 N–H and O–H groups in total. The molecule has 0 aliphatic rings. The largest absolute Gasteiger partial charge is 0.449 e. The first-order chi connectivity index (χ1) is 10.9. The van der Waals surface area contributed by atoms with Crippen LogP contribution in [0.4, 0.5) is 5.69 Å². The third-order valence-corrected chi connectivity index (χ3v) is 3.87. The Bertz CT molecular complexity index is 752. The van der Waals surface area contributed by atoms with Crippen molar-refractivity contribution in [1.29, 1.82) is 0 Å². The fourth-order valence-electron chi connectivity index (χ4n) is 1.62. The van der Waals surface area contributed by atoms with E-state index in [9.17, 15) is 9.59 Å². The summed E-state index contributed by atoms with van der Waals surface area (Å²) >= 11 is 17.5. The highest BCUT2D eigenvalue weighted by Gasteiger charge is 2.20. The van der Waals surface area contributed by atoms with E-state index in [-0.39, 0.29) is 15.7 Å². The highest BCUT2D eigenvalue weighted by atomic mass is 35.5. The van der Waals surface area contributed by atoms with Crippen molar-refractivity contribution in [3.63, 3.8) is 0 Å². The van der Waals surface area contributed by atoms with Gasteiger partial charge < -0.3 is 10.1 Å². The second kappa shape index (κ2) is 7.64. The molecular formula is C15H11Cl3N2O3. The van der Waals surface area contributed by atoms with Gasteiger partial charge in [0.1, 0.15) is 0 Å². The lowest BCUT2D eigenvalue weighted by Gasteiger charge is -2.14. The van der Waals surface area contributed by atoms with E-state index in [4.69, 9.17) is 39.5 Å². The molecule has 2 rings (SSSR count). The molecule has 8 heteroatoms. The second-order valence-corrected chi connectivity index (χ2v) is 5.68. The predicted octanol–water partition coefficient (Wildman–Crippen LogP) is 4.23. The number of halogens is 3. The van der Waals surface area contributed by atoms with Crippen LogP contribution in [0.2, 0.25) is 15.2 Å². The van der Waals surface area contributed by atoms with Crippen LogP contribution in [0.15, 0.2) is 36.5 Å². The number of ether oxygens (including phenoxy) is 1. The van der Waals surface area contributed by atoms with Crippen LogP contribution < -0.4 is 5.32 Å². The average Bonchev–Trinajstić information content (AvgIpc) is 2.52. The van der Waals surface area contributed by atoms with Gasteiger partial charge in [0, 0.05) is 6.20 Å². The lowest BCUT2D eigenvalue weighted by atomic mass is 10.2. The number of aromatic nitrogens is 1. The van der Waals surface area contributed by atoms with Crippen LogP contribution >= 0.6 is 34.8 Å².